The van der Waals surface area contributed by atoms with E-state index >= 15 is 0 Å². The van der Waals surface area contributed by atoms with Crippen LogP contribution in [-0.4, -0.2) is 28.4 Å². The smallest absolute Gasteiger partial charge is 0.205 e. The van der Waals surface area contributed by atoms with Crippen LogP contribution in [0.2, 0.25) is 0 Å². The average Bonchev–Trinajstić information content (AvgIpc) is 2.87. The van der Waals surface area contributed by atoms with E-state index in [1.54, 1.807) is 28.4 Å². The minimum Gasteiger partial charge on any atom is -0.493 e. The van der Waals surface area contributed by atoms with Gasteiger partial charge in [-0.1, -0.05) is 12.1 Å². The summed E-state index contributed by atoms with van der Waals surface area (Å²) in [5.74, 6) is 3.09. The lowest BCUT2D eigenvalue weighted by atomic mass is 9.77. The topological polar surface area (TPSA) is 96.0 Å². The van der Waals surface area contributed by atoms with Crippen molar-refractivity contribution in [2.45, 2.75) is 25.2 Å². The van der Waals surface area contributed by atoms with Gasteiger partial charge in [0.05, 0.1) is 28.4 Å². The zero-order valence-corrected chi connectivity index (χ0v) is 19.8. The normalized spacial score (nSPS) is 18.7. The Bertz CT molecular complexity index is 1240. The molecule has 0 saturated heterocycles. The first-order valence-corrected chi connectivity index (χ1v) is 11.0. The van der Waals surface area contributed by atoms with Gasteiger partial charge in [-0.15, -0.1) is 0 Å². The first-order chi connectivity index (χ1) is 16.5. The lowest BCUT2D eigenvalue weighted by Gasteiger charge is -2.33. The first kappa shape index (κ1) is 23.1. The molecule has 176 valence electrons. The molecule has 2 aliphatic rings. The van der Waals surface area contributed by atoms with Crippen molar-refractivity contribution >= 4 is 6.08 Å². The fourth-order valence-corrected chi connectivity index (χ4v) is 4.59. The van der Waals surface area contributed by atoms with Gasteiger partial charge in [-0.05, 0) is 71.9 Å². The van der Waals surface area contributed by atoms with Gasteiger partial charge in [0.25, 0.3) is 0 Å². The predicted octanol–water partition coefficient (Wildman–Crippen LogP) is 5.05. The molecular formula is C27H28N2O5. The number of allylic oxidation sites excluding steroid dienone is 3. The van der Waals surface area contributed by atoms with Gasteiger partial charge in [0, 0.05) is 5.92 Å². The second-order valence-electron chi connectivity index (χ2n) is 8.03. The van der Waals surface area contributed by atoms with Crippen LogP contribution in [0, 0.1) is 11.3 Å². The van der Waals surface area contributed by atoms with Gasteiger partial charge < -0.3 is 29.4 Å². The molecule has 0 spiro atoms. The molecule has 1 aliphatic carbocycles. The van der Waals surface area contributed by atoms with Crippen LogP contribution in [0.5, 0.6) is 23.0 Å². The summed E-state index contributed by atoms with van der Waals surface area (Å²) in [6.07, 6.45) is 4.65. The van der Waals surface area contributed by atoms with Gasteiger partial charge in [-0.25, -0.2) is 0 Å². The fraction of sp³-hybridized carbons (Fsp3) is 0.296. The maximum Gasteiger partial charge on any atom is 0.205 e. The Balaban J connectivity index is 1.82. The van der Waals surface area contributed by atoms with E-state index in [1.165, 1.54) is 0 Å². The van der Waals surface area contributed by atoms with E-state index in [0.717, 1.165) is 47.3 Å². The van der Waals surface area contributed by atoms with Crippen molar-refractivity contribution in [1.82, 2.24) is 0 Å². The number of rotatable bonds is 6. The van der Waals surface area contributed by atoms with Crippen molar-refractivity contribution in [3.8, 4) is 29.1 Å². The molecule has 4 rings (SSSR count). The zero-order valence-electron chi connectivity index (χ0n) is 19.8. The summed E-state index contributed by atoms with van der Waals surface area (Å²) in [6.45, 7) is 0. The van der Waals surface area contributed by atoms with E-state index in [0.29, 0.717) is 28.6 Å². The second kappa shape index (κ2) is 9.84. The third kappa shape index (κ3) is 4.15. The van der Waals surface area contributed by atoms with Gasteiger partial charge in [0.2, 0.25) is 5.88 Å². The molecule has 1 heterocycles. The molecule has 0 unspecified atom stereocenters. The van der Waals surface area contributed by atoms with E-state index in [1.807, 2.05) is 36.4 Å². The molecule has 0 bridgehead atoms. The number of hydrogen-bond donors (Lipinski definition) is 1. The van der Waals surface area contributed by atoms with Crippen LogP contribution < -0.4 is 24.7 Å². The van der Waals surface area contributed by atoms with Gasteiger partial charge in [-0.3, -0.25) is 0 Å². The highest BCUT2D eigenvalue weighted by molar-refractivity contribution is 5.64. The van der Waals surface area contributed by atoms with Crippen LogP contribution in [0.1, 0.15) is 36.3 Å². The number of hydrogen-bond acceptors (Lipinski definition) is 7. The third-order valence-electron chi connectivity index (χ3n) is 6.20. The second-order valence-corrected chi connectivity index (χ2v) is 8.03. The van der Waals surface area contributed by atoms with Crippen molar-refractivity contribution in [2.24, 2.45) is 5.73 Å². The molecule has 0 radical (unpaired) electrons. The van der Waals surface area contributed by atoms with Crippen LogP contribution in [0.3, 0.4) is 0 Å². The van der Waals surface area contributed by atoms with Crippen molar-refractivity contribution in [3.05, 3.63) is 75.9 Å². The SMILES string of the molecule is COc1ccc(/C=C2/CCCC3=C2OC(N)=C(C#N)[C@@H]3c2ccc(OC)c(OC)c2)cc1OC. The minimum absolute atomic E-state index is 0.126. The summed E-state index contributed by atoms with van der Waals surface area (Å²) in [5, 5.41) is 9.93. The van der Waals surface area contributed by atoms with Crippen molar-refractivity contribution in [1.29, 1.82) is 5.26 Å². The molecule has 1 aliphatic heterocycles. The molecule has 2 aromatic rings. The largest absolute Gasteiger partial charge is 0.493 e. The number of benzene rings is 2. The van der Waals surface area contributed by atoms with Gasteiger partial charge in [0.15, 0.2) is 23.0 Å². The Morgan fingerprint density at radius 2 is 1.56 bits per heavy atom. The Hall–Kier alpha value is -4.05. The molecule has 0 amide bonds. The fourth-order valence-electron chi connectivity index (χ4n) is 4.59. The number of nitrogens with two attached hydrogens (primary N) is 1. The summed E-state index contributed by atoms with van der Waals surface area (Å²) < 4.78 is 27.8. The van der Waals surface area contributed by atoms with Crippen molar-refractivity contribution in [3.63, 3.8) is 0 Å². The Labute approximate surface area is 199 Å². The highest BCUT2D eigenvalue weighted by Gasteiger charge is 2.36. The van der Waals surface area contributed by atoms with Crippen LogP contribution in [0.25, 0.3) is 6.08 Å². The molecule has 34 heavy (non-hydrogen) atoms. The van der Waals surface area contributed by atoms with Gasteiger partial charge >= 0.3 is 0 Å². The number of nitrogens with zero attached hydrogens (tertiary/aromatic N) is 1. The molecule has 0 saturated carbocycles. The van der Waals surface area contributed by atoms with Gasteiger partial charge in [-0.2, -0.15) is 5.26 Å². The monoisotopic (exact) mass is 460 g/mol. The quantitative estimate of drug-likeness (QED) is 0.644. The molecule has 2 aromatic carbocycles. The summed E-state index contributed by atoms with van der Waals surface area (Å²) in [7, 11) is 6.41. The van der Waals surface area contributed by atoms with E-state index in [-0.39, 0.29) is 11.8 Å². The number of nitriles is 1. The lowest BCUT2D eigenvalue weighted by Crippen LogP contribution is -2.23. The van der Waals surface area contributed by atoms with Crippen molar-refractivity contribution in [2.75, 3.05) is 28.4 Å². The summed E-state index contributed by atoms with van der Waals surface area (Å²) in [5.41, 5.74) is 10.6. The summed E-state index contributed by atoms with van der Waals surface area (Å²) in [4.78, 5) is 0. The third-order valence-corrected chi connectivity index (χ3v) is 6.20. The van der Waals surface area contributed by atoms with Crippen LogP contribution >= 0.6 is 0 Å². The highest BCUT2D eigenvalue weighted by Crippen LogP contribution is 2.48. The maximum absolute atomic E-state index is 9.93. The molecule has 7 heteroatoms. The minimum atomic E-state index is -0.317. The van der Waals surface area contributed by atoms with Gasteiger partial charge in [0.1, 0.15) is 17.4 Å². The standard InChI is InChI=1S/C27H28N2O5/c1-30-21-10-8-16(13-23(21)32-3)12-18-6-5-7-19-25(20(15-28)27(29)34-26(18)19)17-9-11-22(31-2)24(14-17)33-4/h8-14,25H,5-7,29H2,1-4H3/b18-12-/t25-/m1/s1. The van der Waals surface area contributed by atoms with E-state index in [4.69, 9.17) is 29.4 Å². The van der Waals surface area contributed by atoms with Crippen molar-refractivity contribution < 1.29 is 23.7 Å². The maximum atomic E-state index is 9.93. The summed E-state index contributed by atoms with van der Waals surface area (Å²) >= 11 is 0. The average molecular weight is 461 g/mol. The lowest BCUT2D eigenvalue weighted by molar-refractivity contribution is 0.277. The summed E-state index contributed by atoms with van der Waals surface area (Å²) in [6, 6.07) is 13.7. The van der Waals surface area contributed by atoms with E-state index in [2.05, 4.69) is 12.1 Å². The molecule has 1 atom stereocenters. The van der Waals surface area contributed by atoms with E-state index in [9.17, 15) is 5.26 Å². The zero-order chi connectivity index (χ0) is 24.2. The molecule has 2 N–H and O–H groups in total. The van der Waals surface area contributed by atoms with E-state index < -0.39 is 0 Å². The van der Waals surface area contributed by atoms with Crippen LogP contribution in [-0.2, 0) is 4.74 Å². The highest BCUT2D eigenvalue weighted by atomic mass is 16.5. The van der Waals surface area contributed by atoms with Crippen LogP contribution in [0.15, 0.2) is 64.8 Å². The molecule has 0 aromatic heterocycles. The molecular weight excluding hydrogens is 432 g/mol. The predicted molar refractivity (Wildman–Crippen MR) is 129 cm³/mol. The molecule has 7 nitrogen and oxygen atoms in total. The first-order valence-electron chi connectivity index (χ1n) is 11.0. The van der Waals surface area contributed by atoms with Crippen LogP contribution in [0.4, 0.5) is 0 Å². The Kier molecular flexibility index (Phi) is 6.69. The number of methoxy groups -OCH3 is 4. The Morgan fingerprint density at radius 1 is 0.912 bits per heavy atom. The number of ether oxygens (including phenoxy) is 5. The Morgan fingerprint density at radius 3 is 2.21 bits per heavy atom. The molecule has 0 fully saturated rings.